The van der Waals surface area contributed by atoms with Crippen LogP contribution in [0.4, 0.5) is 0 Å². The summed E-state index contributed by atoms with van der Waals surface area (Å²) >= 11 is 0. The zero-order valence-corrected chi connectivity index (χ0v) is 11.4. The Labute approximate surface area is 104 Å². The van der Waals surface area contributed by atoms with E-state index in [9.17, 15) is 8.42 Å². The van der Waals surface area contributed by atoms with Crippen molar-refractivity contribution in [2.45, 2.75) is 32.9 Å². The first-order valence-corrected chi connectivity index (χ1v) is 7.78. The average Bonchev–Trinajstić information content (AvgIpc) is 2.26. The summed E-state index contributed by atoms with van der Waals surface area (Å²) in [7, 11) is -3.13. The summed E-state index contributed by atoms with van der Waals surface area (Å²) in [6, 6.07) is 8.19. The van der Waals surface area contributed by atoms with Gasteiger partial charge in [0.2, 0.25) is 10.0 Å². The quantitative estimate of drug-likeness (QED) is 0.808. The third-order valence-corrected chi connectivity index (χ3v) is 4.69. The summed E-state index contributed by atoms with van der Waals surface area (Å²) < 4.78 is 25.3. The van der Waals surface area contributed by atoms with E-state index < -0.39 is 10.0 Å². The van der Waals surface area contributed by atoms with Crippen LogP contribution >= 0.6 is 0 Å². The minimum atomic E-state index is -3.13. The predicted molar refractivity (Wildman–Crippen MR) is 69.2 cm³/mol. The lowest BCUT2D eigenvalue weighted by molar-refractivity contribution is 0.236. The predicted octanol–water partition coefficient (Wildman–Crippen LogP) is 2.03. The Hall–Kier alpha value is -0.870. The van der Waals surface area contributed by atoms with Gasteiger partial charge in [0.1, 0.15) is 0 Å². The Morgan fingerprint density at radius 3 is 2.35 bits per heavy atom. The van der Waals surface area contributed by atoms with Gasteiger partial charge in [0.25, 0.3) is 0 Å². The molecule has 1 aliphatic rings. The molecule has 0 saturated heterocycles. The highest BCUT2D eigenvalue weighted by Gasteiger charge is 2.33. The van der Waals surface area contributed by atoms with Crippen molar-refractivity contribution in [2.24, 2.45) is 5.92 Å². The van der Waals surface area contributed by atoms with Gasteiger partial charge in [-0.2, -0.15) is 4.31 Å². The molecule has 1 aromatic carbocycles. The van der Waals surface area contributed by atoms with Crippen molar-refractivity contribution in [1.82, 2.24) is 4.31 Å². The third kappa shape index (κ3) is 2.53. The molecule has 0 aliphatic carbocycles. The van der Waals surface area contributed by atoms with Gasteiger partial charge in [-0.3, -0.25) is 0 Å². The Morgan fingerprint density at radius 2 is 1.82 bits per heavy atom. The largest absolute Gasteiger partial charge is 0.212 e. The van der Waals surface area contributed by atoms with E-state index in [1.807, 2.05) is 18.2 Å². The lowest BCUT2D eigenvalue weighted by atomic mass is 9.90. The van der Waals surface area contributed by atoms with Crippen molar-refractivity contribution < 1.29 is 8.42 Å². The van der Waals surface area contributed by atoms with Gasteiger partial charge in [-0.25, -0.2) is 8.42 Å². The fraction of sp³-hybridized carbons (Fsp3) is 0.538. The number of hydrogen-bond acceptors (Lipinski definition) is 2. The molecule has 1 heterocycles. The molecule has 1 unspecified atom stereocenters. The molecule has 1 aliphatic heterocycles. The molecule has 3 nitrogen and oxygen atoms in total. The molecule has 94 valence electrons. The monoisotopic (exact) mass is 253 g/mol. The summed E-state index contributed by atoms with van der Waals surface area (Å²) in [5.74, 6) is 0.332. The van der Waals surface area contributed by atoms with E-state index >= 15 is 0 Å². The van der Waals surface area contributed by atoms with Crippen molar-refractivity contribution >= 4 is 10.0 Å². The van der Waals surface area contributed by atoms with Gasteiger partial charge in [0.15, 0.2) is 0 Å². The zero-order chi connectivity index (χ0) is 12.6. The Bertz CT molecular complexity index is 508. The van der Waals surface area contributed by atoms with E-state index in [1.54, 1.807) is 4.31 Å². The van der Waals surface area contributed by atoms with E-state index in [2.05, 4.69) is 19.9 Å². The molecule has 0 fully saturated rings. The Kier molecular flexibility index (Phi) is 3.27. The first-order valence-electron chi connectivity index (χ1n) is 5.93. The fourth-order valence-electron chi connectivity index (χ4n) is 2.45. The topological polar surface area (TPSA) is 37.4 Å². The molecule has 0 N–H and O–H groups in total. The molecule has 0 amide bonds. The molecule has 1 atom stereocenters. The van der Waals surface area contributed by atoms with Crippen molar-refractivity contribution in [3.8, 4) is 0 Å². The van der Waals surface area contributed by atoms with Crippen LogP contribution in [0.5, 0.6) is 0 Å². The molecule has 4 heteroatoms. The maximum Gasteiger partial charge on any atom is 0.211 e. The van der Waals surface area contributed by atoms with Gasteiger partial charge in [-0.15, -0.1) is 0 Å². The fourth-order valence-corrected chi connectivity index (χ4v) is 3.64. The van der Waals surface area contributed by atoms with Gasteiger partial charge >= 0.3 is 0 Å². The molecule has 0 spiro atoms. The summed E-state index contributed by atoms with van der Waals surface area (Å²) in [5.41, 5.74) is 2.42. The smallest absolute Gasteiger partial charge is 0.211 e. The number of nitrogens with zero attached hydrogens (tertiary/aromatic N) is 1. The summed E-state index contributed by atoms with van der Waals surface area (Å²) in [6.07, 6.45) is 2.12. The molecule has 17 heavy (non-hydrogen) atoms. The van der Waals surface area contributed by atoms with E-state index in [0.717, 1.165) is 12.0 Å². The standard InChI is InChI=1S/C13H19NO2S/c1-10(2)13-8-11-6-4-5-7-12(11)9-14(13)17(3,15)16/h4-7,10,13H,8-9H2,1-3H3. The molecular weight excluding hydrogens is 234 g/mol. The van der Waals surface area contributed by atoms with Crippen LogP contribution in [-0.4, -0.2) is 25.0 Å². The van der Waals surface area contributed by atoms with Crippen LogP contribution in [-0.2, 0) is 23.0 Å². The van der Waals surface area contributed by atoms with Crippen molar-refractivity contribution in [3.05, 3.63) is 35.4 Å². The Balaban J connectivity index is 2.42. The average molecular weight is 253 g/mol. The van der Waals surface area contributed by atoms with Crippen LogP contribution in [0, 0.1) is 5.92 Å². The highest BCUT2D eigenvalue weighted by molar-refractivity contribution is 7.88. The van der Waals surface area contributed by atoms with E-state index in [1.165, 1.54) is 11.8 Å². The van der Waals surface area contributed by atoms with Gasteiger partial charge < -0.3 is 0 Å². The number of benzene rings is 1. The highest BCUT2D eigenvalue weighted by Crippen LogP contribution is 2.28. The first kappa shape index (κ1) is 12.6. The SMILES string of the molecule is CC(C)C1Cc2ccccc2CN1S(C)(=O)=O. The summed E-state index contributed by atoms with van der Waals surface area (Å²) in [5, 5.41) is 0. The molecular formula is C13H19NO2S. The zero-order valence-electron chi connectivity index (χ0n) is 10.6. The third-order valence-electron chi connectivity index (χ3n) is 3.44. The first-order chi connectivity index (χ1) is 7.89. The molecule has 0 bridgehead atoms. The van der Waals surface area contributed by atoms with Crippen LogP contribution in [0.2, 0.25) is 0 Å². The van der Waals surface area contributed by atoms with Gasteiger partial charge in [0.05, 0.1) is 6.26 Å². The number of hydrogen-bond donors (Lipinski definition) is 0. The summed E-state index contributed by atoms with van der Waals surface area (Å²) in [6.45, 7) is 4.67. The van der Waals surface area contributed by atoms with Crippen LogP contribution in [0.1, 0.15) is 25.0 Å². The molecule has 2 rings (SSSR count). The Morgan fingerprint density at radius 1 is 1.24 bits per heavy atom. The number of fused-ring (bicyclic) bond motifs is 1. The maximum absolute atomic E-state index is 11.8. The molecule has 0 aromatic heterocycles. The summed E-state index contributed by atoms with van der Waals surface area (Å²) in [4.78, 5) is 0. The second-order valence-electron chi connectivity index (χ2n) is 5.09. The van der Waals surface area contributed by atoms with Gasteiger partial charge in [-0.1, -0.05) is 38.1 Å². The van der Waals surface area contributed by atoms with Crippen molar-refractivity contribution in [3.63, 3.8) is 0 Å². The second kappa shape index (κ2) is 4.42. The van der Waals surface area contributed by atoms with Gasteiger partial charge in [0, 0.05) is 12.6 Å². The maximum atomic E-state index is 11.8. The van der Waals surface area contributed by atoms with Crippen LogP contribution < -0.4 is 0 Å². The van der Waals surface area contributed by atoms with Crippen molar-refractivity contribution in [1.29, 1.82) is 0 Å². The van der Waals surface area contributed by atoms with Crippen molar-refractivity contribution in [2.75, 3.05) is 6.26 Å². The lowest BCUT2D eigenvalue weighted by Gasteiger charge is -2.37. The second-order valence-corrected chi connectivity index (χ2v) is 7.03. The van der Waals surface area contributed by atoms with Crippen LogP contribution in [0.15, 0.2) is 24.3 Å². The highest BCUT2D eigenvalue weighted by atomic mass is 32.2. The normalized spacial score (nSPS) is 21.5. The number of sulfonamides is 1. The minimum absolute atomic E-state index is 0.0832. The van der Waals surface area contributed by atoms with Crippen LogP contribution in [0.25, 0.3) is 0 Å². The minimum Gasteiger partial charge on any atom is -0.212 e. The lowest BCUT2D eigenvalue weighted by Crippen LogP contribution is -2.46. The van der Waals surface area contributed by atoms with E-state index in [-0.39, 0.29) is 6.04 Å². The molecule has 1 aromatic rings. The number of rotatable bonds is 2. The van der Waals surface area contributed by atoms with E-state index in [0.29, 0.717) is 12.5 Å². The van der Waals surface area contributed by atoms with E-state index in [4.69, 9.17) is 0 Å². The van der Waals surface area contributed by atoms with Crippen LogP contribution in [0.3, 0.4) is 0 Å². The molecule has 0 radical (unpaired) electrons. The van der Waals surface area contributed by atoms with Gasteiger partial charge in [-0.05, 0) is 23.5 Å². The molecule has 0 saturated carbocycles.